The Labute approximate surface area is 111 Å². The third-order valence-electron chi connectivity index (χ3n) is 3.80. The molecule has 102 valence electrons. The number of aryl methyl sites for hydroxylation is 1. The van der Waals surface area contributed by atoms with Crippen LogP contribution in [-0.4, -0.2) is 23.3 Å². The van der Waals surface area contributed by atoms with Crippen LogP contribution in [0.2, 0.25) is 0 Å². The second-order valence-electron chi connectivity index (χ2n) is 5.24. The fourth-order valence-electron chi connectivity index (χ4n) is 1.99. The number of nitrogens with one attached hydrogen (secondary N) is 1. The third kappa shape index (κ3) is 5.19. The highest BCUT2D eigenvalue weighted by atomic mass is 16.3. The SMILES string of the molecule is CCC(O)(CC)CNC(C)CCc1ccccc1. The Balaban J connectivity index is 2.28. The Morgan fingerprint density at radius 3 is 2.33 bits per heavy atom. The van der Waals surface area contributed by atoms with Crippen LogP contribution >= 0.6 is 0 Å². The molecule has 1 unspecified atom stereocenters. The summed E-state index contributed by atoms with van der Waals surface area (Å²) in [4.78, 5) is 0. The average molecular weight is 249 g/mol. The average Bonchev–Trinajstić information content (AvgIpc) is 2.43. The zero-order valence-electron chi connectivity index (χ0n) is 11.9. The van der Waals surface area contributed by atoms with Crippen molar-refractivity contribution < 1.29 is 5.11 Å². The molecule has 2 nitrogen and oxygen atoms in total. The molecule has 0 aliphatic rings. The highest BCUT2D eigenvalue weighted by molar-refractivity contribution is 5.14. The van der Waals surface area contributed by atoms with Crippen LogP contribution in [0.1, 0.15) is 45.6 Å². The van der Waals surface area contributed by atoms with Gasteiger partial charge in [-0.05, 0) is 38.2 Å². The lowest BCUT2D eigenvalue weighted by atomic mass is 9.97. The Hall–Kier alpha value is -0.860. The van der Waals surface area contributed by atoms with Gasteiger partial charge < -0.3 is 10.4 Å². The number of benzene rings is 1. The third-order valence-corrected chi connectivity index (χ3v) is 3.80. The van der Waals surface area contributed by atoms with E-state index in [9.17, 15) is 5.11 Å². The molecule has 0 saturated carbocycles. The van der Waals surface area contributed by atoms with Gasteiger partial charge in [0.25, 0.3) is 0 Å². The smallest absolute Gasteiger partial charge is 0.0766 e. The van der Waals surface area contributed by atoms with Gasteiger partial charge in [-0.1, -0.05) is 44.2 Å². The minimum absolute atomic E-state index is 0.440. The molecule has 0 spiro atoms. The molecule has 0 bridgehead atoms. The molecule has 0 amide bonds. The molecule has 2 heteroatoms. The van der Waals surface area contributed by atoms with Gasteiger partial charge in [0.1, 0.15) is 0 Å². The molecule has 0 aliphatic heterocycles. The van der Waals surface area contributed by atoms with Gasteiger partial charge in [-0.15, -0.1) is 0 Å². The molecule has 0 saturated heterocycles. The minimum atomic E-state index is -0.541. The van der Waals surface area contributed by atoms with Gasteiger partial charge in [0.05, 0.1) is 5.60 Å². The first-order valence-corrected chi connectivity index (χ1v) is 7.09. The molecule has 1 aromatic rings. The lowest BCUT2D eigenvalue weighted by Gasteiger charge is -2.27. The van der Waals surface area contributed by atoms with E-state index in [-0.39, 0.29) is 0 Å². The Kier molecular flexibility index (Phi) is 6.37. The van der Waals surface area contributed by atoms with E-state index in [2.05, 4.69) is 36.5 Å². The summed E-state index contributed by atoms with van der Waals surface area (Å²) in [5.41, 5.74) is 0.841. The number of aliphatic hydroxyl groups is 1. The highest BCUT2D eigenvalue weighted by Gasteiger charge is 2.22. The lowest BCUT2D eigenvalue weighted by molar-refractivity contribution is 0.0301. The molecule has 0 aromatic heterocycles. The van der Waals surface area contributed by atoms with E-state index >= 15 is 0 Å². The number of hydrogen-bond acceptors (Lipinski definition) is 2. The molecule has 2 N–H and O–H groups in total. The van der Waals surface area contributed by atoms with E-state index in [0.29, 0.717) is 12.6 Å². The predicted octanol–water partition coefficient (Wildman–Crippen LogP) is 3.15. The number of hydrogen-bond donors (Lipinski definition) is 2. The first-order chi connectivity index (χ1) is 8.59. The van der Waals surface area contributed by atoms with E-state index < -0.39 is 5.60 Å². The van der Waals surface area contributed by atoms with Crippen molar-refractivity contribution in [2.75, 3.05) is 6.54 Å². The molecular weight excluding hydrogens is 222 g/mol. The number of rotatable bonds is 8. The molecule has 1 aromatic carbocycles. The van der Waals surface area contributed by atoms with Crippen LogP contribution in [0, 0.1) is 0 Å². The topological polar surface area (TPSA) is 32.3 Å². The van der Waals surface area contributed by atoms with Crippen molar-refractivity contribution in [1.29, 1.82) is 0 Å². The molecule has 0 fully saturated rings. The van der Waals surface area contributed by atoms with E-state index in [1.54, 1.807) is 0 Å². The maximum absolute atomic E-state index is 10.2. The van der Waals surface area contributed by atoms with Crippen LogP contribution in [0.15, 0.2) is 30.3 Å². The summed E-state index contributed by atoms with van der Waals surface area (Å²) in [6.07, 6.45) is 3.81. The summed E-state index contributed by atoms with van der Waals surface area (Å²) in [6, 6.07) is 11.0. The molecular formula is C16H27NO. The second kappa shape index (κ2) is 7.55. The van der Waals surface area contributed by atoms with Crippen LogP contribution in [0.25, 0.3) is 0 Å². The van der Waals surface area contributed by atoms with Gasteiger partial charge in [-0.3, -0.25) is 0 Å². The maximum Gasteiger partial charge on any atom is 0.0766 e. The van der Waals surface area contributed by atoms with Crippen molar-refractivity contribution in [3.63, 3.8) is 0 Å². The minimum Gasteiger partial charge on any atom is -0.389 e. The van der Waals surface area contributed by atoms with Crippen LogP contribution in [0.5, 0.6) is 0 Å². The second-order valence-corrected chi connectivity index (χ2v) is 5.24. The molecule has 1 rings (SSSR count). The first-order valence-electron chi connectivity index (χ1n) is 7.09. The van der Waals surface area contributed by atoms with Gasteiger partial charge in [-0.2, -0.15) is 0 Å². The van der Waals surface area contributed by atoms with Crippen molar-refractivity contribution in [2.45, 2.75) is 58.1 Å². The molecule has 18 heavy (non-hydrogen) atoms. The van der Waals surface area contributed by atoms with E-state index in [0.717, 1.165) is 25.7 Å². The Morgan fingerprint density at radius 1 is 1.17 bits per heavy atom. The summed E-state index contributed by atoms with van der Waals surface area (Å²) >= 11 is 0. The van der Waals surface area contributed by atoms with Gasteiger partial charge in [-0.25, -0.2) is 0 Å². The highest BCUT2D eigenvalue weighted by Crippen LogP contribution is 2.13. The van der Waals surface area contributed by atoms with Crippen LogP contribution in [-0.2, 0) is 6.42 Å². The normalized spacial score (nSPS) is 13.6. The van der Waals surface area contributed by atoms with Crippen molar-refractivity contribution >= 4 is 0 Å². The van der Waals surface area contributed by atoms with E-state index in [4.69, 9.17) is 0 Å². The summed E-state index contributed by atoms with van der Waals surface area (Å²) < 4.78 is 0. The lowest BCUT2D eigenvalue weighted by Crippen LogP contribution is -2.43. The quantitative estimate of drug-likeness (QED) is 0.742. The standard InChI is InChI=1S/C16H27NO/c1-4-16(18,5-2)13-17-14(3)11-12-15-9-7-6-8-10-15/h6-10,14,17-18H,4-5,11-13H2,1-3H3. The molecule has 0 radical (unpaired) electrons. The van der Waals surface area contributed by atoms with Gasteiger partial charge in [0.2, 0.25) is 0 Å². The monoisotopic (exact) mass is 249 g/mol. The van der Waals surface area contributed by atoms with Gasteiger partial charge in [0, 0.05) is 12.6 Å². The Morgan fingerprint density at radius 2 is 1.78 bits per heavy atom. The fraction of sp³-hybridized carbons (Fsp3) is 0.625. The van der Waals surface area contributed by atoms with Crippen LogP contribution < -0.4 is 5.32 Å². The van der Waals surface area contributed by atoms with Crippen LogP contribution in [0.3, 0.4) is 0 Å². The molecule has 0 heterocycles. The van der Waals surface area contributed by atoms with Crippen molar-refractivity contribution in [3.05, 3.63) is 35.9 Å². The van der Waals surface area contributed by atoms with Crippen molar-refractivity contribution in [3.8, 4) is 0 Å². The molecule has 1 atom stereocenters. The summed E-state index contributed by atoms with van der Waals surface area (Å²) in [5, 5.41) is 13.6. The van der Waals surface area contributed by atoms with Crippen molar-refractivity contribution in [1.82, 2.24) is 5.32 Å². The fourth-order valence-corrected chi connectivity index (χ4v) is 1.99. The van der Waals surface area contributed by atoms with E-state index in [1.807, 2.05) is 19.9 Å². The zero-order valence-corrected chi connectivity index (χ0v) is 11.9. The summed E-state index contributed by atoms with van der Waals surface area (Å²) in [6.45, 7) is 6.96. The first kappa shape index (κ1) is 15.2. The van der Waals surface area contributed by atoms with Crippen molar-refractivity contribution in [2.24, 2.45) is 0 Å². The zero-order chi connectivity index (χ0) is 13.4. The van der Waals surface area contributed by atoms with Gasteiger partial charge >= 0.3 is 0 Å². The predicted molar refractivity (Wildman–Crippen MR) is 77.8 cm³/mol. The van der Waals surface area contributed by atoms with Gasteiger partial charge in [0.15, 0.2) is 0 Å². The van der Waals surface area contributed by atoms with E-state index in [1.165, 1.54) is 5.56 Å². The molecule has 0 aliphatic carbocycles. The maximum atomic E-state index is 10.2. The summed E-state index contributed by atoms with van der Waals surface area (Å²) in [7, 11) is 0. The Bertz CT molecular complexity index is 319. The summed E-state index contributed by atoms with van der Waals surface area (Å²) in [5.74, 6) is 0. The van der Waals surface area contributed by atoms with Crippen LogP contribution in [0.4, 0.5) is 0 Å². The largest absolute Gasteiger partial charge is 0.389 e.